The van der Waals surface area contributed by atoms with E-state index in [-0.39, 0.29) is 16.8 Å². The number of carbonyl (C=O) groups excluding carboxylic acids is 1. The van der Waals surface area contributed by atoms with E-state index in [2.05, 4.69) is 75.4 Å². The maximum atomic E-state index is 12.4. The van der Waals surface area contributed by atoms with Crippen LogP contribution in [0.25, 0.3) is 0 Å². The van der Waals surface area contributed by atoms with Crippen molar-refractivity contribution in [1.82, 2.24) is 0 Å². The standard InChI is InChI=1S/C20H14O2.C18H20.7C6H6.13C2H6/c21-19-17-13-7-8-14-18(17)20(22-19,15-9-3-1-4-10-15)16-11-5-2-6-12-16;1-17(2)13-18(3,14-9-5-4-6-10-14)16-12-8-7-11-15(16)17;7*1-2-4-6-5-3-1;13*1-2/h1-14H;4-12H,13H2,1-3H3;7*1-6H;13*1-2H3. The molecule has 0 spiro atoms. The van der Waals surface area contributed by atoms with Crippen LogP contribution < -0.4 is 0 Å². The summed E-state index contributed by atoms with van der Waals surface area (Å²) in [5, 5.41) is 0. The fraction of sp³-hybridized carbons (Fsp3) is 0.311. The first kappa shape index (κ1) is 114. The Hall–Kier alpha value is -9.89. The van der Waals surface area contributed by atoms with Gasteiger partial charge in [-0.1, -0.05) is 589 Å². The predicted octanol–water partition coefficient (Wildman–Crippen LogP) is 34.0. The Morgan fingerprint density at radius 3 is 0.565 bits per heavy atom. The fourth-order valence-corrected chi connectivity index (χ4v) is 9.54. The van der Waals surface area contributed by atoms with Crippen LogP contribution in [0.1, 0.15) is 251 Å². The van der Waals surface area contributed by atoms with Crippen molar-refractivity contribution in [1.29, 1.82) is 0 Å². The number of benzene rings is 12. The van der Waals surface area contributed by atoms with E-state index in [9.17, 15) is 4.79 Å². The Bertz CT molecular complexity index is 2880. The van der Waals surface area contributed by atoms with Crippen molar-refractivity contribution >= 4 is 5.97 Å². The summed E-state index contributed by atoms with van der Waals surface area (Å²) in [7, 11) is 0. The summed E-state index contributed by atoms with van der Waals surface area (Å²) in [5.74, 6) is -0.275. The van der Waals surface area contributed by atoms with E-state index in [1.54, 1.807) is 0 Å². The third-order valence-corrected chi connectivity index (χ3v) is 13.3. The molecule has 1 aliphatic heterocycles. The highest BCUT2D eigenvalue weighted by atomic mass is 16.6. The molecule has 12 aromatic carbocycles. The minimum Gasteiger partial charge on any atom is -0.441 e. The van der Waals surface area contributed by atoms with Crippen LogP contribution in [0.3, 0.4) is 0 Å². The molecule has 1 unspecified atom stereocenters. The van der Waals surface area contributed by atoms with E-state index >= 15 is 0 Å². The average Bonchev–Trinajstić information content (AvgIpc) is 1.58. The van der Waals surface area contributed by atoms with Crippen LogP contribution in [0.4, 0.5) is 0 Å². The van der Waals surface area contributed by atoms with Gasteiger partial charge in [0, 0.05) is 22.1 Å². The van der Waals surface area contributed by atoms with Crippen LogP contribution in [0, 0.1) is 0 Å². The Balaban J connectivity index is -0.000000175. The van der Waals surface area contributed by atoms with Gasteiger partial charge in [0.25, 0.3) is 0 Å². The second-order valence-electron chi connectivity index (χ2n) is 19.7. The average molecular weight is 1460 g/mol. The van der Waals surface area contributed by atoms with E-state index in [1.807, 2.05) is 520 Å². The van der Waals surface area contributed by atoms with Gasteiger partial charge in [0.1, 0.15) is 0 Å². The molecule has 12 aromatic rings. The van der Waals surface area contributed by atoms with E-state index in [4.69, 9.17) is 4.74 Å². The molecular weight excluding hydrogens is 1310 g/mol. The first-order valence-corrected chi connectivity index (χ1v) is 41.0. The topological polar surface area (TPSA) is 26.3 Å². The molecule has 1 heterocycles. The Kier molecular flexibility index (Phi) is 96.3. The highest BCUT2D eigenvalue weighted by Crippen LogP contribution is 2.52. The van der Waals surface area contributed by atoms with Gasteiger partial charge in [0.2, 0.25) is 0 Å². The highest BCUT2D eigenvalue weighted by Gasteiger charge is 2.48. The second-order valence-corrected chi connectivity index (χ2v) is 19.7. The SMILES string of the molecule is CC.CC.CC.CC.CC.CC.CC.CC.CC.CC.CC.CC.CC.CC1(C)CC(C)(c2ccccc2)c2ccccc21.O=C1OC(c2ccccc2)(c2ccccc2)c2ccccc21.c1ccccc1.c1ccccc1.c1ccccc1.c1ccccc1.c1ccccc1.c1ccccc1.c1ccccc1. The molecule has 0 N–H and O–H groups in total. The number of ether oxygens (including phenoxy) is 1. The Morgan fingerprint density at radius 2 is 0.352 bits per heavy atom. The summed E-state index contributed by atoms with van der Waals surface area (Å²) in [5.41, 5.74) is 7.45. The van der Waals surface area contributed by atoms with Crippen LogP contribution in [0.2, 0.25) is 0 Å². The van der Waals surface area contributed by atoms with E-state index in [1.165, 1.54) is 23.1 Å². The van der Waals surface area contributed by atoms with Crippen LogP contribution in [0.15, 0.2) is 394 Å². The summed E-state index contributed by atoms with van der Waals surface area (Å²) in [6, 6.07) is 131. The lowest BCUT2D eigenvalue weighted by molar-refractivity contribution is 0.0251. The number of hydrogen-bond acceptors (Lipinski definition) is 2. The Labute approximate surface area is 668 Å². The Morgan fingerprint density at radius 1 is 0.194 bits per heavy atom. The molecule has 1 atom stereocenters. The third-order valence-electron chi connectivity index (χ3n) is 13.3. The molecule has 0 bridgehead atoms. The molecule has 0 saturated heterocycles. The smallest absolute Gasteiger partial charge is 0.340 e. The number of rotatable bonds is 3. The molecule has 2 heteroatoms. The normalized spacial score (nSPS) is 11.1. The zero-order valence-electron chi connectivity index (χ0n) is 73.6. The van der Waals surface area contributed by atoms with Gasteiger partial charge in [-0.15, -0.1) is 0 Å². The van der Waals surface area contributed by atoms with Crippen LogP contribution >= 0.6 is 0 Å². The van der Waals surface area contributed by atoms with Gasteiger partial charge in [0.15, 0.2) is 5.60 Å². The van der Waals surface area contributed by atoms with Gasteiger partial charge in [-0.3, -0.25) is 0 Å². The van der Waals surface area contributed by atoms with Gasteiger partial charge in [-0.2, -0.15) is 0 Å². The van der Waals surface area contributed by atoms with Crippen molar-refractivity contribution in [3.63, 3.8) is 0 Å². The lowest BCUT2D eigenvalue weighted by Crippen LogP contribution is -2.29. The summed E-state index contributed by atoms with van der Waals surface area (Å²) in [6.07, 6.45) is 1.18. The van der Waals surface area contributed by atoms with Gasteiger partial charge < -0.3 is 4.74 Å². The summed E-state index contributed by atoms with van der Waals surface area (Å²) in [6.45, 7) is 59.1. The quantitative estimate of drug-likeness (QED) is 0.165. The van der Waals surface area contributed by atoms with Crippen molar-refractivity contribution < 1.29 is 9.53 Å². The maximum Gasteiger partial charge on any atom is 0.340 e. The summed E-state index contributed by atoms with van der Waals surface area (Å²) < 4.78 is 5.95. The van der Waals surface area contributed by atoms with Crippen molar-refractivity contribution in [2.24, 2.45) is 0 Å². The summed E-state index contributed by atoms with van der Waals surface area (Å²) in [4.78, 5) is 12.4. The lowest BCUT2D eigenvalue weighted by atomic mass is 9.75. The largest absolute Gasteiger partial charge is 0.441 e. The molecule has 0 saturated carbocycles. The van der Waals surface area contributed by atoms with E-state index in [0.717, 1.165) is 16.7 Å². The number of fused-ring (bicyclic) bond motifs is 2. The lowest BCUT2D eigenvalue weighted by Gasteiger charge is -2.30. The molecular formula is C106H154O2. The second kappa shape index (κ2) is 91.3. The molecule has 590 valence electrons. The molecule has 0 amide bonds. The van der Waals surface area contributed by atoms with Gasteiger partial charge >= 0.3 is 5.97 Å². The maximum absolute atomic E-state index is 12.4. The number of hydrogen-bond donors (Lipinski definition) is 0. The first-order valence-electron chi connectivity index (χ1n) is 41.0. The zero-order chi connectivity index (χ0) is 83.5. The molecule has 108 heavy (non-hydrogen) atoms. The zero-order valence-corrected chi connectivity index (χ0v) is 73.6. The van der Waals surface area contributed by atoms with Crippen molar-refractivity contribution in [2.75, 3.05) is 0 Å². The van der Waals surface area contributed by atoms with Crippen LogP contribution in [0.5, 0.6) is 0 Å². The molecule has 1 aliphatic carbocycles. The number of esters is 1. The van der Waals surface area contributed by atoms with E-state index < -0.39 is 5.60 Å². The first-order chi connectivity index (χ1) is 53.4. The van der Waals surface area contributed by atoms with Crippen LogP contribution in [-0.4, -0.2) is 5.97 Å². The third kappa shape index (κ3) is 52.2. The summed E-state index contributed by atoms with van der Waals surface area (Å²) >= 11 is 0. The van der Waals surface area contributed by atoms with Crippen molar-refractivity contribution in [3.05, 3.63) is 433 Å². The van der Waals surface area contributed by atoms with Gasteiger partial charge in [-0.05, 0) is 34.6 Å². The minimum atomic E-state index is -0.865. The number of cyclic esters (lactones) is 1. The van der Waals surface area contributed by atoms with Crippen LogP contribution in [-0.2, 0) is 21.2 Å². The van der Waals surface area contributed by atoms with Crippen molar-refractivity contribution in [2.45, 2.75) is 224 Å². The molecule has 0 radical (unpaired) electrons. The highest BCUT2D eigenvalue weighted by molar-refractivity contribution is 5.96. The predicted molar refractivity (Wildman–Crippen MR) is 494 cm³/mol. The van der Waals surface area contributed by atoms with Gasteiger partial charge in [-0.25, -0.2) is 4.79 Å². The molecule has 0 aromatic heterocycles. The molecule has 2 aliphatic rings. The van der Waals surface area contributed by atoms with E-state index in [0.29, 0.717) is 5.56 Å². The number of carbonyl (C=O) groups is 1. The monoisotopic (exact) mass is 1460 g/mol. The molecule has 0 fully saturated rings. The minimum absolute atomic E-state index is 0.154. The van der Waals surface area contributed by atoms with Gasteiger partial charge in [0.05, 0.1) is 5.56 Å². The molecule has 2 nitrogen and oxygen atoms in total. The molecule has 14 rings (SSSR count). The fourth-order valence-electron chi connectivity index (χ4n) is 9.54. The van der Waals surface area contributed by atoms with Crippen molar-refractivity contribution in [3.8, 4) is 0 Å².